The Morgan fingerprint density at radius 3 is 2.95 bits per heavy atom. The smallest absolute Gasteiger partial charge is 0.210 e. The van der Waals surface area contributed by atoms with Crippen molar-refractivity contribution in [3.05, 3.63) is 35.4 Å². The molecule has 0 N–H and O–H groups in total. The number of carbonyl (C=O) groups excluding carboxylic acids is 1. The molecule has 5 nitrogen and oxygen atoms in total. The maximum absolute atomic E-state index is 12.7. The number of tetrazole rings is 1. The summed E-state index contributed by atoms with van der Waals surface area (Å²) in [4.78, 5) is 12.7. The summed E-state index contributed by atoms with van der Waals surface area (Å²) in [7, 11) is 0. The first-order valence-electron chi connectivity index (χ1n) is 7.23. The summed E-state index contributed by atoms with van der Waals surface area (Å²) in [5.41, 5.74) is 2.02. The molecule has 0 saturated carbocycles. The third kappa shape index (κ3) is 2.85. The normalized spacial score (nSPS) is 18.6. The summed E-state index contributed by atoms with van der Waals surface area (Å²) in [6.45, 7) is 4.06. The van der Waals surface area contributed by atoms with Gasteiger partial charge in [0.15, 0.2) is 5.78 Å². The minimum Gasteiger partial charge on any atom is -0.293 e. The van der Waals surface area contributed by atoms with Crippen LogP contribution in [0.5, 0.6) is 0 Å². The molecule has 6 heteroatoms. The van der Waals surface area contributed by atoms with Crippen LogP contribution < -0.4 is 0 Å². The molecule has 0 saturated heterocycles. The van der Waals surface area contributed by atoms with Crippen molar-refractivity contribution in [3.63, 3.8) is 0 Å². The summed E-state index contributed by atoms with van der Waals surface area (Å²) in [6, 6.07) is 8.11. The van der Waals surface area contributed by atoms with Gasteiger partial charge in [0.2, 0.25) is 5.16 Å². The van der Waals surface area contributed by atoms with Gasteiger partial charge in [-0.3, -0.25) is 4.79 Å². The summed E-state index contributed by atoms with van der Waals surface area (Å²) < 4.78 is 1.77. The average molecular weight is 302 g/mol. The minimum absolute atomic E-state index is 0.0999. The van der Waals surface area contributed by atoms with Crippen LogP contribution in [0.1, 0.15) is 48.7 Å². The maximum atomic E-state index is 12.7. The highest BCUT2D eigenvalue weighted by Gasteiger charge is 2.28. The number of carbonyl (C=O) groups is 1. The van der Waals surface area contributed by atoms with Crippen molar-refractivity contribution in [3.8, 4) is 0 Å². The van der Waals surface area contributed by atoms with E-state index in [-0.39, 0.29) is 17.1 Å². The second-order valence-electron chi connectivity index (χ2n) is 5.52. The molecule has 1 unspecified atom stereocenters. The predicted molar refractivity (Wildman–Crippen MR) is 81.6 cm³/mol. The lowest BCUT2D eigenvalue weighted by Crippen LogP contribution is -2.18. The third-order valence-electron chi connectivity index (χ3n) is 3.69. The Bertz CT molecular complexity index is 653. The molecule has 0 fully saturated rings. The number of Topliss-reactive ketones (excluding diaryl/α,β-unsaturated/α-hetero) is 1. The van der Waals surface area contributed by atoms with Gasteiger partial charge in [-0.15, -0.1) is 5.10 Å². The van der Waals surface area contributed by atoms with Gasteiger partial charge in [0.05, 0.1) is 11.3 Å². The number of aromatic nitrogens is 4. The van der Waals surface area contributed by atoms with Gasteiger partial charge in [0, 0.05) is 5.56 Å². The lowest BCUT2D eigenvalue weighted by atomic mass is 10.0. The van der Waals surface area contributed by atoms with Crippen LogP contribution in [0.4, 0.5) is 0 Å². The molecule has 1 aliphatic carbocycles. The number of rotatable bonds is 3. The van der Waals surface area contributed by atoms with E-state index in [2.05, 4.69) is 21.6 Å². The van der Waals surface area contributed by atoms with Gasteiger partial charge < -0.3 is 0 Å². The van der Waals surface area contributed by atoms with E-state index in [0.717, 1.165) is 35.5 Å². The highest BCUT2D eigenvalue weighted by atomic mass is 32.2. The molecule has 2 aromatic rings. The number of thioether (sulfide) groups is 1. The molecule has 1 aromatic carbocycles. The fourth-order valence-corrected chi connectivity index (χ4v) is 3.80. The Kier molecular flexibility index (Phi) is 4.05. The van der Waals surface area contributed by atoms with Gasteiger partial charge in [-0.25, -0.2) is 4.68 Å². The number of benzene rings is 1. The van der Waals surface area contributed by atoms with Crippen LogP contribution in [0, 0.1) is 0 Å². The van der Waals surface area contributed by atoms with E-state index < -0.39 is 0 Å². The molecular formula is C15H18N4OS. The maximum Gasteiger partial charge on any atom is 0.210 e. The Balaban J connectivity index is 1.86. The Hall–Kier alpha value is -1.69. The monoisotopic (exact) mass is 302 g/mol. The molecule has 110 valence electrons. The van der Waals surface area contributed by atoms with Gasteiger partial charge in [-0.2, -0.15) is 0 Å². The number of ketones is 1. The summed E-state index contributed by atoms with van der Waals surface area (Å²) in [5.74, 6) is 0.200. The molecule has 21 heavy (non-hydrogen) atoms. The van der Waals surface area contributed by atoms with E-state index in [4.69, 9.17) is 0 Å². The van der Waals surface area contributed by atoms with E-state index in [9.17, 15) is 4.79 Å². The molecule has 1 heterocycles. The molecule has 3 rings (SSSR count). The first kappa shape index (κ1) is 14.3. The van der Waals surface area contributed by atoms with E-state index in [1.807, 2.05) is 32.0 Å². The zero-order chi connectivity index (χ0) is 14.8. The van der Waals surface area contributed by atoms with E-state index in [0.29, 0.717) is 0 Å². The zero-order valence-corrected chi connectivity index (χ0v) is 13.0. The van der Waals surface area contributed by atoms with Crippen molar-refractivity contribution in [2.75, 3.05) is 0 Å². The molecule has 0 amide bonds. The molecule has 0 spiro atoms. The predicted octanol–water partition coefficient (Wildman–Crippen LogP) is 2.93. The first-order valence-corrected chi connectivity index (χ1v) is 8.11. The van der Waals surface area contributed by atoms with Crippen molar-refractivity contribution >= 4 is 17.5 Å². The largest absolute Gasteiger partial charge is 0.293 e. The molecular weight excluding hydrogens is 284 g/mol. The fraction of sp³-hybridized carbons (Fsp3) is 0.467. The highest BCUT2D eigenvalue weighted by Crippen LogP contribution is 2.32. The van der Waals surface area contributed by atoms with Crippen LogP contribution in [0.25, 0.3) is 0 Å². The highest BCUT2D eigenvalue weighted by molar-refractivity contribution is 8.00. The molecule has 1 aromatic heterocycles. The standard InChI is InChI=1S/C15H18N4OS/c1-10(2)19-15(16-17-18-19)21-13-9-5-7-11-6-3-4-8-12(11)14(13)20/h3-4,6,8,10,13H,5,7,9H2,1-2H3. The molecule has 0 radical (unpaired) electrons. The van der Waals surface area contributed by atoms with Crippen LogP contribution in [0.3, 0.4) is 0 Å². The van der Waals surface area contributed by atoms with E-state index in [1.165, 1.54) is 11.8 Å². The Morgan fingerprint density at radius 2 is 2.14 bits per heavy atom. The zero-order valence-electron chi connectivity index (χ0n) is 12.2. The topological polar surface area (TPSA) is 60.7 Å². The van der Waals surface area contributed by atoms with Crippen molar-refractivity contribution in [2.45, 2.75) is 49.6 Å². The van der Waals surface area contributed by atoms with Gasteiger partial charge in [-0.1, -0.05) is 36.0 Å². The van der Waals surface area contributed by atoms with Crippen LogP contribution in [-0.2, 0) is 6.42 Å². The van der Waals surface area contributed by atoms with Gasteiger partial charge in [0.1, 0.15) is 0 Å². The quantitative estimate of drug-likeness (QED) is 0.816. The second kappa shape index (κ2) is 5.97. The second-order valence-corrected chi connectivity index (χ2v) is 6.69. The lowest BCUT2D eigenvalue weighted by Gasteiger charge is -2.14. The minimum atomic E-state index is -0.0999. The fourth-order valence-electron chi connectivity index (χ4n) is 2.59. The number of aryl methyl sites for hydroxylation is 1. The first-order chi connectivity index (χ1) is 10.2. The van der Waals surface area contributed by atoms with Crippen molar-refractivity contribution in [1.82, 2.24) is 20.2 Å². The lowest BCUT2D eigenvalue weighted by molar-refractivity contribution is 0.0988. The van der Waals surface area contributed by atoms with E-state index >= 15 is 0 Å². The van der Waals surface area contributed by atoms with Crippen LogP contribution in [0.2, 0.25) is 0 Å². The SMILES string of the molecule is CC(C)n1nnnc1SC1CCCc2ccccc2C1=O. The van der Waals surface area contributed by atoms with E-state index in [1.54, 1.807) is 4.68 Å². The molecule has 1 atom stereocenters. The molecule has 1 aliphatic rings. The van der Waals surface area contributed by atoms with Crippen LogP contribution in [0.15, 0.2) is 29.4 Å². The molecule has 0 aliphatic heterocycles. The molecule has 0 bridgehead atoms. The Labute approximate surface area is 128 Å². The number of fused-ring (bicyclic) bond motifs is 1. The summed E-state index contributed by atoms with van der Waals surface area (Å²) >= 11 is 1.49. The number of nitrogens with zero attached hydrogens (tertiary/aromatic N) is 4. The van der Waals surface area contributed by atoms with Crippen LogP contribution in [-0.4, -0.2) is 31.2 Å². The Morgan fingerprint density at radius 1 is 1.33 bits per heavy atom. The average Bonchev–Trinajstić information content (AvgIpc) is 2.88. The van der Waals surface area contributed by atoms with Crippen molar-refractivity contribution in [1.29, 1.82) is 0 Å². The van der Waals surface area contributed by atoms with Crippen LogP contribution >= 0.6 is 11.8 Å². The van der Waals surface area contributed by atoms with Gasteiger partial charge in [-0.05, 0) is 49.1 Å². The van der Waals surface area contributed by atoms with Gasteiger partial charge in [0.25, 0.3) is 0 Å². The third-order valence-corrected chi connectivity index (χ3v) is 4.90. The number of hydrogen-bond acceptors (Lipinski definition) is 5. The van der Waals surface area contributed by atoms with Gasteiger partial charge >= 0.3 is 0 Å². The van der Waals surface area contributed by atoms with Crippen molar-refractivity contribution in [2.24, 2.45) is 0 Å². The summed E-state index contributed by atoms with van der Waals surface area (Å²) in [6.07, 6.45) is 2.85. The summed E-state index contributed by atoms with van der Waals surface area (Å²) in [5, 5.41) is 12.4. The number of hydrogen-bond donors (Lipinski definition) is 0. The van der Waals surface area contributed by atoms with Crippen molar-refractivity contribution < 1.29 is 4.79 Å².